The van der Waals surface area contributed by atoms with Crippen molar-refractivity contribution in [1.29, 1.82) is 0 Å². The Labute approximate surface area is 179 Å². The summed E-state index contributed by atoms with van der Waals surface area (Å²) in [6.07, 6.45) is 0. The van der Waals surface area contributed by atoms with E-state index in [1.54, 1.807) is 32.0 Å². The van der Waals surface area contributed by atoms with Crippen molar-refractivity contribution in [2.24, 2.45) is 0 Å². The molecule has 0 spiro atoms. The number of amides is 1. The quantitative estimate of drug-likeness (QED) is 0.748. The van der Waals surface area contributed by atoms with E-state index in [2.05, 4.69) is 5.32 Å². The number of sulfonamides is 1. The van der Waals surface area contributed by atoms with E-state index in [1.165, 1.54) is 0 Å². The van der Waals surface area contributed by atoms with Crippen LogP contribution in [0, 0.1) is 18.6 Å². The van der Waals surface area contributed by atoms with E-state index >= 15 is 0 Å². The highest BCUT2D eigenvalue weighted by Gasteiger charge is 2.35. The van der Waals surface area contributed by atoms with Crippen molar-refractivity contribution in [3.63, 3.8) is 0 Å². The van der Waals surface area contributed by atoms with E-state index in [1.807, 2.05) is 4.90 Å². The average molecular weight is 458 g/mol. The molecule has 6 nitrogen and oxygen atoms in total. The molecule has 1 N–H and O–H groups in total. The summed E-state index contributed by atoms with van der Waals surface area (Å²) in [6.45, 7) is 4.05. The van der Waals surface area contributed by atoms with Gasteiger partial charge in [0.2, 0.25) is 15.9 Å². The van der Waals surface area contributed by atoms with Crippen molar-refractivity contribution in [2.75, 3.05) is 31.5 Å². The molecule has 0 aliphatic carbocycles. The molecular formula is C20H22ClF2N3O3S. The predicted octanol–water partition coefficient (Wildman–Crippen LogP) is 3.26. The summed E-state index contributed by atoms with van der Waals surface area (Å²) in [5, 5.41) is 3.38. The molecule has 2 aromatic rings. The molecule has 2 aromatic carbocycles. The molecule has 10 heteroatoms. The molecule has 3 rings (SSSR count). The van der Waals surface area contributed by atoms with E-state index in [4.69, 9.17) is 11.6 Å². The molecule has 1 saturated heterocycles. The zero-order valence-corrected chi connectivity index (χ0v) is 18.1. The van der Waals surface area contributed by atoms with Crippen LogP contribution in [0.5, 0.6) is 0 Å². The summed E-state index contributed by atoms with van der Waals surface area (Å²) in [4.78, 5) is 13.5. The first-order valence-corrected chi connectivity index (χ1v) is 11.2. The molecule has 0 saturated carbocycles. The van der Waals surface area contributed by atoms with Crippen LogP contribution >= 0.6 is 11.6 Å². The summed E-state index contributed by atoms with van der Waals surface area (Å²) in [5.74, 6) is -2.50. The number of benzene rings is 2. The van der Waals surface area contributed by atoms with Crippen LogP contribution < -0.4 is 5.32 Å². The molecule has 1 aliphatic heterocycles. The molecule has 1 unspecified atom stereocenters. The highest BCUT2D eigenvalue weighted by molar-refractivity contribution is 7.89. The Hall–Kier alpha value is -2.07. The van der Waals surface area contributed by atoms with Crippen LogP contribution in [-0.4, -0.2) is 55.8 Å². The summed E-state index contributed by atoms with van der Waals surface area (Å²) >= 11 is 6.08. The number of carbonyl (C=O) groups is 1. The van der Waals surface area contributed by atoms with Crippen molar-refractivity contribution < 1.29 is 22.0 Å². The van der Waals surface area contributed by atoms with Crippen molar-refractivity contribution in [2.45, 2.75) is 24.8 Å². The minimum atomic E-state index is -4.31. The fourth-order valence-electron chi connectivity index (χ4n) is 3.34. The number of piperazine rings is 1. The second kappa shape index (κ2) is 8.97. The van der Waals surface area contributed by atoms with Crippen molar-refractivity contribution in [3.05, 3.63) is 58.6 Å². The molecule has 1 amide bonds. The minimum absolute atomic E-state index is 0.0178. The van der Waals surface area contributed by atoms with E-state index in [0.29, 0.717) is 10.7 Å². The van der Waals surface area contributed by atoms with Gasteiger partial charge in [-0.15, -0.1) is 0 Å². The summed E-state index contributed by atoms with van der Waals surface area (Å²) < 4.78 is 54.3. The Kier molecular flexibility index (Phi) is 6.76. The van der Waals surface area contributed by atoms with Gasteiger partial charge in [0.05, 0.1) is 6.04 Å². The van der Waals surface area contributed by atoms with E-state index < -0.39 is 32.6 Å². The minimum Gasteiger partial charge on any atom is -0.324 e. The van der Waals surface area contributed by atoms with Gasteiger partial charge in [0.1, 0.15) is 11.6 Å². The molecular weight excluding hydrogens is 436 g/mol. The van der Waals surface area contributed by atoms with Crippen LogP contribution in [0.3, 0.4) is 0 Å². The lowest BCUT2D eigenvalue weighted by molar-refractivity contribution is -0.121. The Balaban J connectivity index is 1.66. The molecule has 0 radical (unpaired) electrons. The Morgan fingerprint density at radius 2 is 1.63 bits per heavy atom. The highest BCUT2D eigenvalue weighted by Crippen LogP contribution is 2.25. The van der Waals surface area contributed by atoms with E-state index in [-0.39, 0.29) is 32.1 Å². The molecule has 0 aromatic heterocycles. The third-order valence-electron chi connectivity index (χ3n) is 5.24. The fraction of sp³-hybridized carbons (Fsp3) is 0.350. The molecule has 1 fully saturated rings. The van der Waals surface area contributed by atoms with Crippen LogP contribution in [0.25, 0.3) is 0 Å². The SMILES string of the molecule is Cc1c(Cl)cccc1NC(=O)C(C)N1CCN(S(=O)(=O)c2c(F)cccc2F)CC1. The number of anilines is 1. The summed E-state index contributed by atoms with van der Waals surface area (Å²) in [7, 11) is -4.31. The van der Waals surface area contributed by atoms with Gasteiger partial charge in [0, 0.05) is 36.9 Å². The van der Waals surface area contributed by atoms with Crippen LogP contribution in [0.4, 0.5) is 14.5 Å². The number of halogens is 3. The Bertz CT molecular complexity index is 1040. The summed E-state index contributed by atoms with van der Waals surface area (Å²) in [5.41, 5.74) is 1.36. The number of rotatable bonds is 5. The zero-order valence-electron chi connectivity index (χ0n) is 16.5. The van der Waals surface area contributed by atoms with Crippen LogP contribution in [0.1, 0.15) is 12.5 Å². The van der Waals surface area contributed by atoms with Crippen LogP contribution in [0.15, 0.2) is 41.3 Å². The maximum absolute atomic E-state index is 14.0. The number of hydrogen-bond donors (Lipinski definition) is 1. The zero-order chi connectivity index (χ0) is 22.1. The predicted molar refractivity (Wildman–Crippen MR) is 111 cm³/mol. The average Bonchev–Trinajstić information content (AvgIpc) is 2.70. The van der Waals surface area contributed by atoms with Gasteiger partial charge in [0.15, 0.2) is 4.90 Å². The number of nitrogens with zero attached hydrogens (tertiary/aromatic N) is 2. The van der Waals surface area contributed by atoms with Gasteiger partial charge in [-0.05, 0) is 43.7 Å². The fourth-order valence-corrected chi connectivity index (χ4v) is 5.04. The van der Waals surface area contributed by atoms with E-state index in [0.717, 1.165) is 28.1 Å². The molecule has 1 aliphatic rings. The van der Waals surface area contributed by atoms with Crippen LogP contribution in [0.2, 0.25) is 5.02 Å². The maximum Gasteiger partial charge on any atom is 0.249 e. The molecule has 1 atom stereocenters. The maximum atomic E-state index is 14.0. The second-order valence-corrected chi connectivity index (χ2v) is 9.35. The standard InChI is InChI=1S/C20H22ClF2N3O3S/c1-13-15(21)5-3-8-18(13)24-20(27)14(2)25-9-11-26(12-10-25)30(28,29)19-16(22)6-4-7-17(19)23/h3-8,14H,9-12H2,1-2H3,(H,24,27). The first-order chi connectivity index (χ1) is 14.1. The Morgan fingerprint density at radius 3 is 2.23 bits per heavy atom. The smallest absolute Gasteiger partial charge is 0.249 e. The van der Waals surface area contributed by atoms with Gasteiger partial charge >= 0.3 is 0 Å². The lowest BCUT2D eigenvalue weighted by Gasteiger charge is -2.36. The van der Waals surface area contributed by atoms with Crippen LogP contribution in [-0.2, 0) is 14.8 Å². The molecule has 162 valence electrons. The van der Waals surface area contributed by atoms with Gasteiger partial charge in [0.25, 0.3) is 0 Å². The highest BCUT2D eigenvalue weighted by atomic mass is 35.5. The normalized spacial score (nSPS) is 17.0. The largest absolute Gasteiger partial charge is 0.324 e. The lowest BCUT2D eigenvalue weighted by atomic mass is 10.1. The van der Waals surface area contributed by atoms with Gasteiger partial charge in [-0.25, -0.2) is 17.2 Å². The van der Waals surface area contributed by atoms with Gasteiger partial charge in [-0.1, -0.05) is 23.7 Å². The first-order valence-electron chi connectivity index (χ1n) is 9.37. The van der Waals surface area contributed by atoms with Gasteiger partial charge in [-0.3, -0.25) is 9.69 Å². The number of carbonyl (C=O) groups excluding carboxylic acids is 1. The Morgan fingerprint density at radius 1 is 1.07 bits per heavy atom. The van der Waals surface area contributed by atoms with Gasteiger partial charge < -0.3 is 5.32 Å². The van der Waals surface area contributed by atoms with Crippen molar-refractivity contribution in [3.8, 4) is 0 Å². The third kappa shape index (κ3) is 4.49. The topological polar surface area (TPSA) is 69.7 Å². The molecule has 30 heavy (non-hydrogen) atoms. The number of hydrogen-bond acceptors (Lipinski definition) is 4. The summed E-state index contributed by atoms with van der Waals surface area (Å²) in [6, 6.07) is 7.63. The monoisotopic (exact) mass is 457 g/mol. The van der Waals surface area contributed by atoms with Gasteiger partial charge in [-0.2, -0.15) is 4.31 Å². The molecule has 0 bridgehead atoms. The number of nitrogens with one attached hydrogen (secondary N) is 1. The lowest BCUT2D eigenvalue weighted by Crippen LogP contribution is -2.54. The molecule has 1 heterocycles. The van der Waals surface area contributed by atoms with Crippen molar-refractivity contribution >= 4 is 33.2 Å². The first kappa shape index (κ1) is 22.6. The van der Waals surface area contributed by atoms with Crippen molar-refractivity contribution in [1.82, 2.24) is 9.21 Å². The van der Waals surface area contributed by atoms with E-state index in [9.17, 15) is 22.0 Å². The third-order valence-corrected chi connectivity index (χ3v) is 7.60. The second-order valence-electron chi connectivity index (χ2n) is 7.07.